The lowest BCUT2D eigenvalue weighted by Crippen LogP contribution is -2.06. The Labute approximate surface area is 102 Å². The molecule has 3 nitrogen and oxygen atoms in total. The number of aromatic carboxylic acids is 1. The minimum Gasteiger partial charge on any atom is -0.487 e. The Bertz CT molecular complexity index is 387. The molecule has 0 aliphatic rings. The number of hydrogen-bond acceptors (Lipinski definition) is 3. The predicted octanol–water partition coefficient (Wildman–Crippen LogP) is 2.79. The van der Waals surface area contributed by atoms with Gasteiger partial charge in [-0.15, -0.1) is 0 Å². The molecule has 0 amide bonds. The van der Waals surface area contributed by atoms with Crippen LogP contribution in [0.1, 0.15) is 17.3 Å². The number of halogens is 2. The van der Waals surface area contributed by atoms with Gasteiger partial charge in [0.25, 0.3) is 0 Å². The number of carboxylic acids is 1. The molecule has 0 aromatic heterocycles. The molecular weight excluding hydrogens is 250 g/mol. The van der Waals surface area contributed by atoms with Crippen molar-refractivity contribution in [2.24, 2.45) is 0 Å². The number of ether oxygens (including phenoxy) is 1. The van der Waals surface area contributed by atoms with Crippen LogP contribution in [0, 0.1) is 11.6 Å². The van der Waals surface area contributed by atoms with Gasteiger partial charge in [0.05, 0.1) is 12.2 Å². The molecule has 0 aliphatic heterocycles. The van der Waals surface area contributed by atoms with Gasteiger partial charge < -0.3 is 9.84 Å². The summed E-state index contributed by atoms with van der Waals surface area (Å²) in [5.41, 5.74) is -0.435. The maximum absolute atomic E-state index is 13.3. The number of hydrogen-bond donors (Lipinski definition) is 1. The van der Waals surface area contributed by atoms with E-state index in [1.54, 1.807) is 11.8 Å². The van der Waals surface area contributed by atoms with Crippen LogP contribution >= 0.6 is 11.8 Å². The molecule has 0 saturated heterocycles. The number of carboxylic acid groups (broad SMARTS) is 1. The fraction of sp³-hybridized carbons (Fsp3) is 0.364. The summed E-state index contributed by atoms with van der Waals surface area (Å²) >= 11 is 1.58. The van der Waals surface area contributed by atoms with E-state index in [4.69, 9.17) is 9.84 Å². The zero-order valence-corrected chi connectivity index (χ0v) is 10.0. The van der Waals surface area contributed by atoms with Crippen molar-refractivity contribution in [2.75, 3.05) is 18.1 Å². The first-order valence-corrected chi connectivity index (χ1v) is 6.14. The second kappa shape index (κ2) is 6.44. The summed E-state index contributed by atoms with van der Waals surface area (Å²) in [6, 6.07) is 1.49. The SMILES string of the molecule is CCSCCOc1c(F)cc(C(=O)O)cc1F. The van der Waals surface area contributed by atoms with Gasteiger partial charge in [0.1, 0.15) is 0 Å². The molecule has 0 bridgehead atoms. The quantitative estimate of drug-likeness (QED) is 0.801. The third kappa shape index (κ3) is 3.89. The summed E-state index contributed by atoms with van der Waals surface area (Å²) in [5.74, 6) is -2.38. The van der Waals surface area contributed by atoms with E-state index in [1.165, 1.54) is 0 Å². The number of rotatable bonds is 6. The molecule has 1 aromatic carbocycles. The summed E-state index contributed by atoms with van der Waals surface area (Å²) in [7, 11) is 0. The molecule has 0 heterocycles. The molecule has 1 rings (SSSR count). The molecule has 0 radical (unpaired) electrons. The van der Waals surface area contributed by atoms with Gasteiger partial charge in [-0.05, 0) is 17.9 Å². The summed E-state index contributed by atoms with van der Waals surface area (Å²) in [6.45, 7) is 2.15. The van der Waals surface area contributed by atoms with Crippen LogP contribution in [-0.2, 0) is 0 Å². The Morgan fingerprint density at radius 3 is 2.47 bits per heavy atom. The van der Waals surface area contributed by atoms with E-state index < -0.39 is 28.9 Å². The van der Waals surface area contributed by atoms with E-state index in [2.05, 4.69) is 0 Å². The maximum Gasteiger partial charge on any atom is 0.335 e. The van der Waals surface area contributed by atoms with Gasteiger partial charge in [-0.3, -0.25) is 0 Å². The third-order valence-electron chi connectivity index (χ3n) is 1.92. The first-order chi connectivity index (χ1) is 8.06. The zero-order valence-electron chi connectivity index (χ0n) is 9.20. The van der Waals surface area contributed by atoms with Crippen LogP contribution in [0.2, 0.25) is 0 Å². The van der Waals surface area contributed by atoms with Crippen LogP contribution in [0.5, 0.6) is 5.75 Å². The van der Waals surface area contributed by atoms with Crippen molar-refractivity contribution in [1.29, 1.82) is 0 Å². The van der Waals surface area contributed by atoms with Crippen molar-refractivity contribution in [2.45, 2.75) is 6.92 Å². The fourth-order valence-corrected chi connectivity index (χ4v) is 1.66. The first-order valence-electron chi connectivity index (χ1n) is 4.99. The van der Waals surface area contributed by atoms with E-state index in [0.717, 1.165) is 17.9 Å². The van der Waals surface area contributed by atoms with Crippen molar-refractivity contribution in [3.8, 4) is 5.75 Å². The highest BCUT2D eigenvalue weighted by molar-refractivity contribution is 7.99. The molecule has 0 fully saturated rings. The van der Waals surface area contributed by atoms with E-state index in [-0.39, 0.29) is 6.61 Å². The van der Waals surface area contributed by atoms with Crippen LogP contribution in [0.3, 0.4) is 0 Å². The van der Waals surface area contributed by atoms with Gasteiger partial charge in [-0.2, -0.15) is 11.8 Å². The molecule has 0 atom stereocenters. The zero-order chi connectivity index (χ0) is 12.8. The second-order valence-corrected chi connectivity index (χ2v) is 4.51. The first kappa shape index (κ1) is 13.8. The molecule has 6 heteroatoms. The van der Waals surface area contributed by atoms with Crippen molar-refractivity contribution < 1.29 is 23.4 Å². The van der Waals surface area contributed by atoms with Crippen molar-refractivity contribution in [1.82, 2.24) is 0 Å². The van der Waals surface area contributed by atoms with E-state index >= 15 is 0 Å². The maximum atomic E-state index is 13.3. The van der Waals surface area contributed by atoms with Gasteiger partial charge in [-0.25, -0.2) is 13.6 Å². The average Bonchev–Trinajstić information content (AvgIpc) is 2.26. The number of carbonyl (C=O) groups is 1. The Morgan fingerprint density at radius 2 is 2.00 bits per heavy atom. The molecule has 1 N–H and O–H groups in total. The summed E-state index contributed by atoms with van der Waals surface area (Å²) in [6.07, 6.45) is 0. The Hall–Kier alpha value is -1.30. The predicted molar refractivity (Wildman–Crippen MR) is 61.8 cm³/mol. The van der Waals surface area contributed by atoms with Crippen LogP contribution in [0.4, 0.5) is 8.78 Å². The summed E-state index contributed by atoms with van der Waals surface area (Å²) in [5, 5.41) is 8.59. The fourth-order valence-electron chi connectivity index (χ4n) is 1.17. The molecule has 0 saturated carbocycles. The van der Waals surface area contributed by atoms with Crippen LogP contribution in [0.15, 0.2) is 12.1 Å². The lowest BCUT2D eigenvalue weighted by atomic mass is 10.2. The topological polar surface area (TPSA) is 46.5 Å². The largest absolute Gasteiger partial charge is 0.487 e. The molecule has 0 spiro atoms. The molecule has 0 unspecified atom stereocenters. The molecular formula is C11H12F2O3S. The average molecular weight is 262 g/mol. The van der Waals surface area contributed by atoms with Crippen molar-refractivity contribution in [3.05, 3.63) is 29.3 Å². The van der Waals surface area contributed by atoms with Crippen LogP contribution in [0.25, 0.3) is 0 Å². The smallest absolute Gasteiger partial charge is 0.335 e. The highest BCUT2D eigenvalue weighted by Crippen LogP contribution is 2.23. The number of benzene rings is 1. The Balaban J connectivity index is 2.76. The van der Waals surface area contributed by atoms with E-state index in [9.17, 15) is 13.6 Å². The molecule has 1 aromatic rings. The van der Waals surface area contributed by atoms with E-state index in [0.29, 0.717) is 5.75 Å². The summed E-state index contributed by atoms with van der Waals surface area (Å²) < 4.78 is 31.6. The second-order valence-electron chi connectivity index (χ2n) is 3.12. The van der Waals surface area contributed by atoms with Gasteiger partial charge in [0, 0.05) is 5.75 Å². The third-order valence-corrected chi connectivity index (χ3v) is 2.79. The monoisotopic (exact) mass is 262 g/mol. The van der Waals surface area contributed by atoms with Crippen LogP contribution < -0.4 is 4.74 Å². The van der Waals surface area contributed by atoms with Gasteiger partial charge in [-0.1, -0.05) is 6.92 Å². The molecule has 94 valence electrons. The van der Waals surface area contributed by atoms with Crippen LogP contribution in [-0.4, -0.2) is 29.2 Å². The van der Waals surface area contributed by atoms with E-state index in [1.807, 2.05) is 6.92 Å². The minimum absolute atomic E-state index is 0.179. The molecule has 0 aliphatic carbocycles. The van der Waals surface area contributed by atoms with Gasteiger partial charge >= 0.3 is 5.97 Å². The lowest BCUT2D eigenvalue weighted by molar-refractivity contribution is 0.0695. The van der Waals surface area contributed by atoms with Gasteiger partial charge in [0.15, 0.2) is 17.4 Å². The summed E-state index contributed by atoms with van der Waals surface area (Å²) in [4.78, 5) is 10.5. The Morgan fingerprint density at radius 1 is 1.41 bits per heavy atom. The minimum atomic E-state index is -1.38. The lowest BCUT2D eigenvalue weighted by Gasteiger charge is -2.08. The van der Waals surface area contributed by atoms with Crippen molar-refractivity contribution >= 4 is 17.7 Å². The Kier molecular flexibility index (Phi) is 5.21. The number of thioether (sulfide) groups is 1. The van der Waals surface area contributed by atoms with Gasteiger partial charge in [0.2, 0.25) is 0 Å². The normalized spacial score (nSPS) is 10.3. The highest BCUT2D eigenvalue weighted by Gasteiger charge is 2.15. The standard InChI is InChI=1S/C11H12F2O3S/c1-2-17-4-3-16-10-8(12)5-7(11(14)15)6-9(10)13/h5-6H,2-4H2,1H3,(H,14,15). The van der Waals surface area contributed by atoms with Crippen molar-refractivity contribution in [3.63, 3.8) is 0 Å². The molecule has 17 heavy (non-hydrogen) atoms. The highest BCUT2D eigenvalue weighted by atomic mass is 32.2.